The molecule has 0 bridgehead atoms. The van der Waals surface area contributed by atoms with E-state index >= 15 is 0 Å². The minimum atomic E-state index is -4.03. The van der Waals surface area contributed by atoms with Gasteiger partial charge in [-0.05, 0) is 48.9 Å². The smallest absolute Gasteiger partial charge is 0.338 e. The van der Waals surface area contributed by atoms with Gasteiger partial charge in [-0.3, -0.25) is 0 Å². The van der Waals surface area contributed by atoms with Crippen LogP contribution in [0.2, 0.25) is 0 Å². The van der Waals surface area contributed by atoms with E-state index in [-0.39, 0.29) is 17.1 Å². The first kappa shape index (κ1) is 23.2. The van der Waals surface area contributed by atoms with Crippen molar-refractivity contribution in [3.05, 3.63) is 96.2 Å². The Hall–Kier alpha value is -3.95. The number of fused-ring (bicyclic) bond motifs is 1. The Labute approximate surface area is 196 Å². The third-order valence-electron chi connectivity index (χ3n) is 5.06. The summed E-state index contributed by atoms with van der Waals surface area (Å²) in [6, 6.07) is 20.6. The van der Waals surface area contributed by atoms with Crippen LogP contribution in [0.1, 0.15) is 22.8 Å². The lowest BCUT2D eigenvalue weighted by Crippen LogP contribution is -2.40. The van der Waals surface area contributed by atoms with Crippen LogP contribution in [0, 0.1) is 0 Å². The van der Waals surface area contributed by atoms with Gasteiger partial charge in [0.05, 0.1) is 10.5 Å². The van der Waals surface area contributed by atoms with E-state index in [4.69, 9.17) is 9.47 Å². The average Bonchev–Trinajstić information content (AvgIpc) is 3.25. The summed E-state index contributed by atoms with van der Waals surface area (Å²) in [7, 11) is -4.03. The van der Waals surface area contributed by atoms with Crippen LogP contribution in [0.25, 0.3) is 10.9 Å². The van der Waals surface area contributed by atoms with Crippen molar-refractivity contribution in [1.29, 1.82) is 0 Å². The first-order valence-electron chi connectivity index (χ1n) is 10.4. The van der Waals surface area contributed by atoms with Gasteiger partial charge in [-0.15, -0.1) is 0 Å². The molecule has 0 aliphatic heterocycles. The Morgan fingerprint density at radius 3 is 2.35 bits per heavy atom. The Kier molecular flexibility index (Phi) is 6.76. The molecule has 0 saturated carbocycles. The van der Waals surface area contributed by atoms with E-state index in [1.54, 1.807) is 18.3 Å². The maximum atomic E-state index is 12.7. The summed E-state index contributed by atoms with van der Waals surface area (Å²) in [6.45, 7) is 1.50. The standard InChI is InChI=1S/C25H22N2O6S/c1-17(24(28)33-23-15-26-22-10-6-5-9-21(22)23)27-34(30,31)20-13-11-19(12-14-20)25(29)32-16-18-7-3-2-4-8-18/h2-15,17,26-27H,16H2,1H3/t17-/m0/s1. The molecule has 9 heteroatoms. The van der Waals surface area contributed by atoms with Gasteiger partial charge in [0.1, 0.15) is 12.6 Å². The van der Waals surface area contributed by atoms with Gasteiger partial charge in [-0.1, -0.05) is 42.5 Å². The van der Waals surface area contributed by atoms with Gasteiger partial charge in [0.25, 0.3) is 0 Å². The lowest BCUT2D eigenvalue weighted by Gasteiger charge is -2.13. The summed E-state index contributed by atoms with van der Waals surface area (Å²) in [5.74, 6) is -1.02. The van der Waals surface area contributed by atoms with Crippen molar-refractivity contribution in [1.82, 2.24) is 9.71 Å². The van der Waals surface area contributed by atoms with Crippen molar-refractivity contribution in [3.63, 3.8) is 0 Å². The molecule has 0 spiro atoms. The van der Waals surface area contributed by atoms with Gasteiger partial charge in [-0.25, -0.2) is 18.0 Å². The van der Waals surface area contributed by atoms with E-state index in [0.29, 0.717) is 11.1 Å². The maximum Gasteiger partial charge on any atom is 0.338 e. The zero-order valence-corrected chi connectivity index (χ0v) is 19.0. The van der Waals surface area contributed by atoms with E-state index in [1.807, 2.05) is 42.5 Å². The van der Waals surface area contributed by atoms with E-state index in [9.17, 15) is 18.0 Å². The quantitative estimate of drug-likeness (QED) is 0.372. The third kappa shape index (κ3) is 5.33. The number of rotatable bonds is 8. The second-order valence-electron chi connectivity index (χ2n) is 7.55. The number of hydrogen-bond acceptors (Lipinski definition) is 6. The molecule has 0 aliphatic carbocycles. The molecule has 0 aliphatic rings. The third-order valence-corrected chi connectivity index (χ3v) is 6.62. The van der Waals surface area contributed by atoms with Gasteiger partial charge in [-0.2, -0.15) is 4.72 Å². The number of hydrogen-bond donors (Lipinski definition) is 2. The number of carbonyl (C=O) groups excluding carboxylic acids is 2. The Morgan fingerprint density at radius 1 is 0.941 bits per heavy atom. The number of esters is 2. The van der Waals surface area contributed by atoms with E-state index in [0.717, 1.165) is 11.1 Å². The summed E-state index contributed by atoms with van der Waals surface area (Å²) in [4.78, 5) is 27.6. The number of para-hydroxylation sites is 1. The fourth-order valence-electron chi connectivity index (χ4n) is 3.25. The molecule has 174 valence electrons. The van der Waals surface area contributed by atoms with Crippen molar-refractivity contribution in [2.45, 2.75) is 24.5 Å². The number of ether oxygens (including phenoxy) is 2. The highest BCUT2D eigenvalue weighted by Crippen LogP contribution is 2.25. The molecule has 0 unspecified atom stereocenters. The van der Waals surface area contributed by atoms with Gasteiger partial charge in [0.15, 0.2) is 5.75 Å². The largest absolute Gasteiger partial charge is 0.457 e. The highest BCUT2D eigenvalue weighted by molar-refractivity contribution is 7.89. The molecule has 8 nitrogen and oxygen atoms in total. The number of carbonyl (C=O) groups is 2. The summed E-state index contributed by atoms with van der Waals surface area (Å²) in [5.41, 5.74) is 1.84. The Morgan fingerprint density at radius 2 is 1.62 bits per heavy atom. The highest BCUT2D eigenvalue weighted by atomic mass is 32.2. The van der Waals surface area contributed by atoms with E-state index in [1.165, 1.54) is 31.2 Å². The van der Waals surface area contributed by atoms with Crippen LogP contribution in [0.4, 0.5) is 0 Å². The van der Waals surface area contributed by atoms with Gasteiger partial charge in [0.2, 0.25) is 10.0 Å². The van der Waals surface area contributed by atoms with Crippen molar-refractivity contribution in [2.24, 2.45) is 0 Å². The molecule has 4 aromatic rings. The van der Waals surface area contributed by atoms with Crippen molar-refractivity contribution in [3.8, 4) is 5.75 Å². The van der Waals surface area contributed by atoms with Crippen LogP contribution >= 0.6 is 0 Å². The summed E-state index contributed by atoms with van der Waals surface area (Å²) < 4.78 is 38.3. The summed E-state index contributed by atoms with van der Waals surface area (Å²) >= 11 is 0. The summed E-state index contributed by atoms with van der Waals surface area (Å²) in [6.07, 6.45) is 1.54. The molecule has 1 heterocycles. The lowest BCUT2D eigenvalue weighted by atomic mass is 10.2. The topological polar surface area (TPSA) is 115 Å². The van der Waals surface area contributed by atoms with Crippen LogP contribution in [0.5, 0.6) is 5.75 Å². The van der Waals surface area contributed by atoms with Crippen LogP contribution in [0.3, 0.4) is 0 Å². The molecule has 0 radical (unpaired) electrons. The zero-order chi connectivity index (χ0) is 24.1. The number of H-pyrrole nitrogens is 1. The number of aromatic amines is 1. The van der Waals surface area contributed by atoms with Crippen molar-refractivity contribution in [2.75, 3.05) is 0 Å². The van der Waals surface area contributed by atoms with Crippen molar-refractivity contribution >= 4 is 32.9 Å². The monoisotopic (exact) mass is 478 g/mol. The van der Waals surface area contributed by atoms with Gasteiger partial charge >= 0.3 is 11.9 Å². The molecule has 3 aromatic carbocycles. The minimum absolute atomic E-state index is 0.0983. The van der Waals surface area contributed by atoms with Gasteiger partial charge in [0, 0.05) is 17.1 Å². The zero-order valence-electron chi connectivity index (χ0n) is 18.2. The Bertz CT molecular complexity index is 1410. The van der Waals surface area contributed by atoms with Crippen LogP contribution in [-0.2, 0) is 26.2 Å². The predicted molar refractivity (Wildman–Crippen MR) is 126 cm³/mol. The lowest BCUT2D eigenvalue weighted by molar-refractivity contribution is -0.135. The molecule has 0 saturated heterocycles. The normalized spacial score (nSPS) is 12.3. The molecule has 1 atom stereocenters. The number of nitrogens with one attached hydrogen (secondary N) is 2. The molecule has 4 rings (SSSR count). The number of benzene rings is 3. The molecule has 0 amide bonds. The maximum absolute atomic E-state index is 12.7. The highest BCUT2D eigenvalue weighted by Gasteiger charge is 2.24. The first-order valence-corrected chi connectivity index (χ1v) is 11.9. The molecule has 0 fully saturated rings. The second kappa shape index (κ2) is 9.90. The number of sulfonamides is 1. The fraction of sp³-hybridized carbons (Fsp3) is 0.120. The molecule has 1 aromatic heterocycles. The number of aromatic nitrogens is 1. The molecule has 34 heavy (non-hydrogen) atoms. The average molecular weight is 479 g/mol. The van der Waals surface area contributed by atoms with Gasteiger partial charge < -0.3 is 14.5 Å². The van der Waals surface area contributed by atoms with Crippen LogP contribution in [0.15, 0.2) is 90.0 Å². The second-order valence-corrected chi connectivity index (χ2v) is 9.26. The van der Waals surface area contributed by atoms with Crippen LogP contribution < -0.4 is 9.46 Å². The predicted octanol–water partition coefficient (Wildman–Crippen LogP) is 3.80. The fourth-order valence-corrected chi connectivity index (χ4v) is 4.44. The molecular weight excluding hydrogens is 456 g/mol. The summed E-state index contributed by atoms with van der Waals surface area (Å²) in [5, 5.41) is 0.709. The minimum Gasteiger partial charge on any atom is -0.457 e. The molecule has 2 N–H and O–H groups in total. The molecular formula is C25H22N2O6S. The Balaban J connectivity index is 1.37. The van der Waals surface area contributed by atoms with Crippen molar-refractivity contribution < 1.29 is 27.5 Å². The van der Waals surface area contributed by atoms with Crippen LogP contribution in [-0.4, -0.2) is 31.4 Å². The van der Waals surface area contributed by atoms with E-state index in [2.05, 4.69) is 9.71 Å². The van der Waals surface area contributed by atoms with E-state index < -0.39 is 28.0 Å². The first-order chi connectivity index (χ1) is 16.3. The SMILES string of the molecule is C[C@H](NS(=O)(=O)c1ccc(C(=O)OCc2ccccc2)cc1)C(=O)Oc1c[nH]c2ccccc12.